The molecule has 0 spiro atoms. The number of hydrogen-bond acceptors (Lipinski definition) is 5. The van der Waals surface area contributed by atoms with Crippen molar-refractivity contribution in [3.8, 4) is 0 Å². The molecular formula is C17H18ClF2N3OS2. The van der Waals surface area contributed by atoms with E-state index in [0.717, 1.165) is 6.07 Å². The second-order valence-electron chi connectivity index (χ2n) is 6.41. The minimum atomic E-state index is -1.60. The van der Waals surface area contributed by atoms with Crippen LogP contribution in [0, 0.1) is 11.6 Å². The van der Waals surface area contributed by atoms with Crippen LogP contribution in [0.3, 0.4) is 0 Å². The summed E-state index contributed by atoms with van der Waals surface area (Å²) in [7, 11) is 0. The Morgan fingerprint density at radius 3 is 2.38 bits per heavy atom. The lowest BCUT2D eigenvalue weighted by Crippen LogP contribution is -2.27. The summed E-state index contributed by atoms with van der Waals surface area (Å²) in [5.74, 6) is -1.41. The molecule has 1 atom stereocenters. The van der Waals surface area contributed by atoms with E-state index in [1.807, 2.05) is 6.26 Å². The molecule has 0 aliphatic rings. The molecule has 1 aromatic carbocycles. The highest BCUT2D eigenvalue weighted by atomic mass is 35.5. The van der Waals surface area contributed by atoms with E-state index in [-0.39, 0.29) is 23.0 Å². The van der Waals surface area contributed by atoms with Gasteiger partial charge in [0.25, 0.3) is 0 Å². The van der Waals surface area contributed by atoms with Crippen molar-refractivity contribution in [3.63, 3.8) is 0 Å². The Bertz CT molecular complexity index is 808. The number of aromatic nitrogens is 2. The first-order valence-electron chi connectivity index (χ1n) is 7.61. The van der Waals surface area contributed by atoms with Gasteiger partial charge in [-0.05, 0) is 44.7 Å². The first kappa shape index (κ1) is 21.1. The summed E-state index contributed by atoms with van der Waals surface area (Å²) in [6, 6.07) is 3.17. The van der Waals surface area contributed by atoms with Gasteiger partial charge in [-0.3, -0.25) is 0 Å². The van der Waals surface area contributed by atoms with Crippen LogP contribution in [-0.4, -0.2) is 31.2 Å². The van der Waals surface area contributed by atoms with Crippen LogP contribution in [0.4, 0.5) is 8.78 Å². The molecule has 140 valence electrons. The second-order valence-corrected chi connectivity index (χ2v) is 9.50. The average molecular weight is 418 g/mol. The SMILES string of the molecule is CSc1cnc(/C(Cc2cc(F)cc(F)c2)=N\[S@@+]([O-])C(C)(C)C)c(Cl)n1. The van der Waals surface area contributed by atoms with Crippen molar-refractivity contribution in [2.75, 3.05) is 6.26 Å². The molecule has 0 aliphatic carbocycles. The summed E-state index contributed by atoms with van der Waals surface area (Å²) in [6.45, 7) is 5.32. The molecule has 0 N–H and O–H groups in total. The fraction of sp³-hybridized carbons (Fsp3) is 0.353. The first-order chi connectivity index (χ1) is 12.1. The third kappa shape index (κ3) is 5.64. The molecule has 0 aliphatic heterocycles. The van der Waals surface area contributed by atoms with E-state index in [0.29, 0.717) is 10.6 Å². The molecule has 2 aromatic rings. The lowest BCUT2D eigenvalue weighted by Gasteiger charge is -2.19. The Balaban J connectivity index is 2.50. The van der Waals surface area contributed by atoms with E-state index in [1.165, 1.54) is 30.1 Å². The van der Waals surface area contributed by atoms with Crippen molar-refractivity contribution in [3.05, 3.63) is 52.4 Å². The Morgan fingerprint density at radius 1 is 1.27 bits per heavy atom. The highest BCUT2D eigenvalue weighted by Crippen LogP contribution is 2.23. The van der Waals surface area contributed by atoms with Gasteiger partial charge in [0.05, 0.1) is 6.20 Å². The van der Waals surface area contributed by atoms with E-state index < -0.39 is 27.7 Å². The van der Waals surface area contributed by atoms with Crippen molar-refractivity contribution in [2.24, 2.45) is 4.40 Å². The molecule has 2 rings (SSSR count). The summed E-state index contributed by atoms with van der Waals surface area (Å²) in [5.41, 5.74) is 0.833. The van der Waals surface area contributed by atoms with Gasteiger partial charge in [0.1, 0.15) is 44.2 Å². The number of hydrogen-bond donors (Lipinski definition) is 0. The van der Waals surface area contributed by atoms with Crippen LogP contribution in [0.15, 0.2) is 33.8 Å². The molecule has 4 nitrogen and oxygen atoms in total. The Hall–Kier alpha value is -1.22. The largest absolute Gasteiger partial charge is 0.591 e. The van der Waals surface area contributed by atoms with Crippen LogP contribution in [0.1, 0.15) is 32.0 Å². The van der Waals surface area contributed by atoms with Gasteiger partial charge in [-0.15, -0.1) is 11.8 Å². The average Bonchev–Trinajstić information content (AvgIpc) is 2.52. The Labute approximate surface area is 163 Å². The summed E-state index contributed by atoms with van der Waals surface area (Å²) in [4.78, 5) is 8.45. The molecule has 26 heavy (non-hydrogen) atoms. The van der Waals surface area contributed by atoms with Gasteiger partial charge >= 0.3 is 0 Å². The van der Waals surface area contributed by atoms with Crippen LogP contribution in [0.25, 0.3) is 0 Å². The normalized spacial score (nSPS) is 13.8. The lowest BCUT2D eigenvalue weighted by molar-refractivity contribution is 0.561. The van der Waals surface area contributed by atoms with Crippen LogP contribution in [0.2, 0.25) is 5.15 Å². The predicted octanol–water partition coefficient (Wildman–Crippen LogP) is 4.62. The molecule has 0 amide bonds. The quantitative estimate of drug-likeness (QED) is 0.404. The predicted molar refractivity (Wildman–Crippen MR) is 103 cm³/mol. The zero-order valence-electron chi connectivity index (χ0n) is 14.7. The summed E-state index contributed by atoms with van der Waals surface area (Å²) >= 11 is 5.99. The molecule has 0 saturated heterocycles. The van der Waals surface area contributed by atoms with Crippen LogP contribution < -0.4 is 0 Å². The summed E-state index contributed by atoms with van der Waals surface area (Å²) in [6.07, 6.45) is 3.37. The lowest BCUT2D eigenvalue weighted by atomic mass is 10.1. The maximum Gasteiger partial charge on any atom is 0.158 e. The Morgan fingerprint density at radius 2 is 1.88 bits per heavy atom. The number of nitrogens with zero attached hydrogens (tertiary/aromatic N) is 3. The number of benzene rings is 1. The minimum Gasteiger partial charge on any atom is -0.591 e. The highest BCUT2D eigenvalue weighted by Gasteiger charge is 2.28. The number of thioether (sulfide) groups is 1. The zero-order valence-corrected chi connectivity index (χ0v) is 17.1. The second kappa shape index (κ2) is 8.65. The smallest absolute Gasteiger partial charge is 0.158 e. The third-order valence-electron chi connectivity index (χ3n) is 3.20. The first-order valence-corrected chi connectivity index (χ1v) is 10.3. The molecule has 0 bridgehead atoms. The van der Waals surface area contributed by atoms with E-state index in [2.05, 4.69) is 14.4 Å². The zero-order chi connectivity index (χ0) is 19.5. The van der Waals surface area contributed by atoms with Crippen molar-refractivity contribution in [1.29, 1.82) is 0 Å². The molecule has 9 heteroatoms. The molecule has 1 heterocycles. The van der Waals surface area contributed by atoms with Gasteiger partial charge < -0.3 is 4.55 Å². The minimum absolute atomic E-state index is 0.0174. The van der Waals surface area contributed by atoms with E-state index >= 15 is 0 Å². The fourth-order valence-corrected chi connectivity index (χ4v) is 3.21. The van der Waals surface area contributed by atoms with Gasteiger partial charge in [0.2, 0.25) is 0 Å². The van der Waals surface area contributed by atoms with Crippen molar-refractivity contribution >= 4 is 40.4 Å². The van der Waals surface area contributed by atoms with Gasteiger partial charge in [0, 0.05) is 12.5 Å². The monoisotopic (exact) mass is 417 g/mol. The van der Waals surface area contributed by atoms with Crippen LogP contribution in [-0.2, 0) is 17.8 Å². The summed E-state index contributed by atoms with van der Waals surface area (Å²) in [5, 5.41) is 0.713. The van der Waals surface area contributed by atoms with Crippen LogP contribution in [0.5, 0.6) is 0 Å². The van der Waals surface area contributed by atoms with Gasteiger partial charge in [-0.25, -0.2) is 18.7 Å². The Kier molecular flexibility index (Phi) is 7.01. The standard InChI is InChI=1S/C17H18ClF2N3OS2/c1-17(2,3)26(24)23-13(7-10-5-11(19)8-12(20)6-10)15-16(18)22-14(25-4)9-21-15/h5-6,8-9H,7H2,1-4H3/b23-13-/t26-/m0/s1. The van der Waals surface area contributed by atoms with E-state index in [4.69, 9.17) is 11.6 Å². The molecule has 1 aromatic heterocycles. The maximum absolute atomic E-state index is 13.5. The summed E-state index contributed by atoms with van der Waals surface area (Å²) < 4.78 is 43.1. The highest BCUT2D eigenvalue weighted by molar-refractivity contribution is 7.98. The van der Waals surface area contributed by atoms with Gasteiger partial charge in [-0.2, -0.15) is 0 Å². The van der Waals surface area contributed by atoms with Crippen molar-refractivity contribution in [1.82, 2.24) is 9.97 Å². The third-order valence-corrected chi connectivity index (χ3v) is 5.51. The van der Waals surface area contributed by atoms with Gasteiger partial charge in [0.15, 0.2) is 5.15 Å². The molecule has 0 unspecified atom stereocenters. The van der Waals surface area contributed by atoms with Crippen molar-refractivity contribution in [2.45, 2.75) is 37.0 Å². The van der Waals surface area contributed by atoms with Crippen molar-refractivity contribution < 1.29 is 13.3 Å². The number of halogens is 3. The molecule has 0 radical (unpaired) electrons. The molecule has 0 fully saturated rings. The maximum atomic E-state index is 13.5. The van der Waals surface area contributed by atoms with Crippen LogP contribution >= 0.6 is 23.4 Å². The molecular weight excluding hydrogens is 400 g/mol. The fourth-order valence-electron chi connectivity index (χ4n) is 1.95. The van der Waals surface area contributed by atoms with E-state index in [1.54, 1.807) is 20.8 Å². The van der Waals surface area contributed by atoms with E-state index in [9.17, 15) is 13.3 Å². The topological polar surface area (TPSA) is 61.2 Å². The number of rotatable bonds is 5. The van der Waals surface area contributed by atoms with Gasteiger partial charge in [-0.1, -0.05) is 16.0 Å². The molecule has 0 saturated carbocycles.